The van der Waals surface area contributed by atoms with Gasteiger partial charge < -0.3 is 21.3 Å². The van der Waals surface area contributed by atoms with Crippen molar-refractivity contribution in [2.24, 2.45) is 5.73 Å². The van der Waals surface area contributed by atoms with E-state index in [2.05, 4.69) is 5.32 Å². The maximum absolute atomic E-state index is 11.1. The molecule has 0 aliphatic heterocycles. The maximum atomic E-state index is 11.1. The van der Waals surface area contributed by atoms with E-state index >= 15 is 0 Å². The number of nitrogens with two attached hydrogens (primary N) is 1. The minimum atomic E-state index is -1.29. The third-order valence-corrected chi connectivity index (χ3v) is 2.52. The number of carboxylic acid groups (broad SMARTS) is 1. The molecule has 0 aromatic rings. The highest BCUT2D eigenvalue weighted by Gasteiger charge is 2.18. The third-order valence-electron chi connectivity index (χ3n) is 1.53. The summed E-state index contributed by atoms with van der Waals surface area (Å²) in [6, 6.07) is -1.28. The Kier molecular flexibility index (Phi) is 7.31. The van der Waals surface area contributed by atoms with Gasteiger partial charge in [0, 0.05) is 12.2 Å². The number of nitrogens with one attached hydrogen (secondary N) is 1. The predicted molar refractivity (Wildman–Crippen MR) is 57.8 cm³/mol. The van der Waals surface area contributed by atoms with E-state index in [1.54, 1.807) is 0 Å². The zero-order chi connectivity index (χ0) is 12.6. The number of amides is 2. The molecule has 1 atom stereocenters. The number of aliphatic carboxylic acids is 1. The monoisotopic (exact) mass is 250 g/mol. The van der Waals surface area contributed by atoms with Crippen molar-refractivity contribution in [1.82, 2.24) is 5.32 Å². The van der Waals surface area contributed by atoms with Crippen molar-refractivity contribution >= 4 is 29.5 Å². The summed E-state index contributed by atoms with van der Waals surface area (Å²) in [4.78, 5) is 31.9. The fourth-order valence-corrected chi connectivity index (χ4v) is 1.46. The molecule has 0 unspecified atom stereocenters. The van der Waals surface area contributed by atoms with Gasteiger partial charge in [-0.25, -0.2) is 4.79 Å². The Bertz CT molecular complexity index is 271. The molecule has 0 aliphatic carbocycles. The molecule has 0 heterocycles. The van der Waals surface area contributed by atoms with Gasteiger partial charge in [0.05, 0.1) is 12.4 Å². The van der Waals surface area contributed by atoms with Gasteiger partial charge in [0.2, 0.25) is 11.8 Å². The second-order valence-electron chi connectivity index (χ2n) is 2.91. The van der Waals surface area contributed by atoms with E-state index in [0.29, 0.717) is 5.75 Å². The molecule has 0 radical (unpaired) electrons. The average Bonchev–Trinajstić information content (AvgIpc) is 2.20. The molecule has 0 bridgehead atoms. The number of aliphatic hydroxyl groups is 1. The molecular weight excluding hydrogens is 236 g/mol. The molecule has 5 N–H and O–H groups in total. The summed E-state index contributed by atoms with van der Waals surface area (Å²) in [7, 11) is 0. The minimum Gasteiger partial charge on any atom is -0.480 e. The summed E-state index contributed by atoms with van der Waals surface area (Å²) in [5, 5.41) is 19.3. The van der Waals surface area contributed by atoms with Crippen LogP contribution in [0.2, 0.25) is 0 Å². The fraction of sp³-hybridized carbons (Fsp3) is 0.625. The van der Waals surface area contributed by atoms with Gasteiger partial charge in [0.25, 0.3) is 0 Å². The quantitative estimate of drug-likeness (QED) is 0.374. The van der Waals surface area contributed by atoms with Crippen LogP contribution in [-0.2, 0) is 14.4 Å². The number of hydrogen-bond donors (Lipinski definition) is 4. The van der Waals surface area contributed by atoms with Gasteiger partial charge in [0.15, 0.2) is 0 Å². The van der Waals surface area contributed by atoms with Gasteiger partial charge in [-0.2, -0.15) is 11.8 Å². The second kappa shape index (κ2) is 7.94. The van der Waals surface area contributed by atoms with E-state index in [9.17, 15) is 14.4 Å². The Hall–Kier alpha value is -1.28. The number of rotatable bonds is 8. The van der Waals surface area contributed by atoms with Gasteiger partial charge in [-0.3, -0.25) is 9.59 Å². The molecule has 0 fully saturated rings. The second-order valence-corrected chi connectivity index (χ2v) is 4.01. The normalized spacial score (nSPS) is 11.8. The molecule has 0 saturated heterocycles. The van der Waals surface area contributed by atoms with Crippen molar-refractivity contribution in [3.8, 4) is 0 Å². The first kappa shape index (κ1) is 14.7. The van der Waals surface area contributed by atoms with Crippen LogP contribution in [0.15, 0.2) is 0 Å². The van der Waals surface area contributed by atoms with Gasteiger partial charge in [-0.05, 0) is 0 Å². The molecule has 16 heavy (non-hydrogen) atoms. The Morgan fingerprint density at radius 1 is 1.38 bits per heavy atom. The average molecular weight is 250 g/mol. The highest BCUT2D eigenvalue weighted by molar-refractivity contribution is 7.99. The largest absolute Gasteiger partial charge is 0.480 e. The molecule has 7 nitrogen and oxygen atoms in total. The van der Waals surface area contributed by atoms with Crippen LogP contribution in [0, 0.1) is 0 Å². The van der Waals surface area contributed by atoms with E-state index in [-0.39, 0.29) is 12.2 Å². The topological polar surface area (TPSA) is 130 Å². The first-order valence-corrected chi connectivity index (χ1v) is 5.62. The molecule has 0 aliphatic rings. The lowest BCUT2D eigenvalue weighted by Crippen LogP contribution is -2.43. The number of carbonyl (C=O) groups excluding carboxylic acids is 2. The molecule has 8 heteroatoms. The lowest BCUT2D eigenvalue weighted by atomic mass is 10.3. The van der Waals surface area contributed by atoms with Crippen molar-refractivity contribution in [3.63, 3.8) is 0 Å². The first-order valence-electron chi connectivity index (χ1n) is 4.46. The van der Waals surface area contributed by atoms with E-state index in [1.165, 1.54) is 11.8 Å². The Morgan fingerprint density at radius 3 is 2.44 bits per heavy atom. The van der Waals surface area contributed by atoms with Crippen LogP contribution in [-0.4, -0.2) is 52.2 Å². The number of aliphatic hydroxyl groups excluding tert-OH is 1. The van der Waals surface area contributed by atoms with Crippen molar-refractivity contribution in [2.75, 3.05) is 18.1 Å². The van der Waals surface area contributed by atoms with Crippen LogP contribution in [0.3, 0.4) is 0 Å². The van der Waals surface area contributed by atoms with Crippen LogP contribution in [0.1, 0.15) is 6.42 Å². The highest BCUT2D eigenvalue weighted by atomic mass is 32.2. The molecule has 0 aromatic carbocycles. The molecule has 2 amide bonds. The van der Waals surface area contributed by atoms with Gasteiger partial charge in [-0.15, -0.1) is 0 Å². The summed E-state index contributed by atoms with van der Waals surface area (Å²) >= 11 is 1.19. The zero-order valence-corrected chi connectivity index (χ0v) is 9.33. The molecule has 0 rings (SSSR count). The first-order chi connectivity index (χ1) is 7.47. The lowest BCUT2D eigenvalue weighted by molar-refractivity contribution is -0.142. The predicted octanol–water partition coefficient (Wildman–Crippen LogP) is -1.84. The zero-order valence-electron chi connectivity index (χ0n) is 8.51. The smallest absolute Gasteiger partial charge is 0.328 e. The minimum absolute atomic E-state index is 0.0712. The molecular formula is C8H14N2O5S. The molecule has 0 saturated carbocycles. The highest BCUT2D eigenvalue weighted by Crippen LogP contribution is 2.01. The lowest BCUT2D eigenvalue weighted by Gasteiger charge is -2.10. The van der Waals surface area contributed by atoms with Crippen LogP contribution < -0.4 is 11.1 Å². The summed E-state index contributed by atoms with van der Waals surface area (Å²) in [6.07, 6.45) is 0.0712. The van der Waals surface area contributed by atoms with E-state index in [0.717, 1.165) is 0 Å². The van der Waals surface area contributed by atoms with Crippen LogP contribution in [0.4, 0.5) is 0 Å². The van der Waals surface area contributed by atoms with Gasteiger partial charge in [-0.1, -0.05) is 0 Å². The Morgan fingerprint density at radius 2 is 2.00 bits per heavy atom. The Labute approximate surface area is 96.4 Å². The van der Waals surface area contributed by atoms with E-state index in [1.807, 2.05) is 0 Å². The summed E-state index contributed by atoms with van der Waals surface area (Å²) < 4.78 is 0. The summed E-state index contributed by atoms with van der Waals surface area (Å²) in [5.74, 6) is -1.76. The van der Waals surface area contributed by atoms with Crippen molar-refractivity contribution in [3.05, 3.63) is 0 Å². The SMILES string of the molecule is NC(=O)CSCCC(=O)N[C@@H](CO)C(=O)O. The van der Waals surface area contributed by atoms with Crippen molar-refractivity contribution in [1.29, 1.82) is 0 Å². The van der Waals surface area contributed by atoms with E-state index < -0.39 is 30.4 Å². The number of carbonyl (C=O) groups is 3. The van der Waals surface area contributed by atoms with Crippen molar-refractivity contribution < 1.29 is 24.6 Å². The Balaban J connectivity index is 3.73. The molecule has 0 spiro atoms. The van der Waals surface area contributed by atoms with E-state index in [4.69, 9.17) is 15.9 Å². The summed E-state index contributed by atoms with van der Waals surface area (Å²) in [6.45, 7) is -0.657. The summed E-state index contributed by atoms with van der Waals surface area (Å²) in [5.41, 5.74) is 4.88. The number of thioether (sulfide) groups is 1. The fourth-order valence-electron chi connectivity index (χ4n) is 0.790. The van der Waals surface area contributed by atoms with Gasteiger partial charge >= 0.3 is 5.97 Å². The molecule has 0 aromatic heterocycles. The number of carboxylic acids is 1. The molecule has 92 valence electrons. The van der Waals surface area contributed by atoms with Crippen molar-refractivity contribution in [2.45, 2.75) is 12.5 Å². The number of hydrogen-bond acceptors (Lipinski definition) is 5. The standard InChI is InChI=1S/C8H14N2O5S/c9-6(12)4-16-2-1-7(13)10-5(3-11)8(14)15/h5,11H,1-4H2,(H2,9,12)(H,10,13)(H,14,15)/t5-/m0/s1. The third kappa shape index (κ3) is 7.07. The van der Waals surface area contributed by atoms with Crippen LogP contribution in [0.25, 0.3) is 0 Å². The maximum Gasteiger partial charge on any atom is 0.328 e. The van der Waals surface area contributed by atoms with Crippen LogP contribution in [0.5, 0.6) is 0 Å². The van der Waals surface area contributed by atoms with Crippen LogP contribution >= 0.6 is 11.8 Å². The van der Waals surface area contributed by atoms with Gasteiger partial charge in [0.1, 0.15) is 6.04 Å². The number of primary amides is 1.